The van der Waals surface area contributed by atoms with Crippen molar-refractivity contribution in [3.05, 3.63) is 0 Å². The number of ether oxygens (including phenoxy) is 2. The minimum absolute atomic E-state index is 0.168. The van der Waals surface area contributed by atoms with Crippen LogP contribution < -0.4 is 10.6 Å². The molecule has 0 aromatic carbocycles. The molecule has 1 heterocycles. The van der Waals surface area contributed by atoms with Crippen molar-refractivity contribution >= 4 is 35.7 Å². The number of likely N-dealkylation sites (tertiary alicyclic amines) is 1. The van der Waals surface area contributed by atoms with Crippen LogP contribution in [0.15, 0.2) is 0 Å². The van der Waals surface area contributed by atoms with Crippen LogP contribution in [0.5, 0.6) is 0 Å². The van der Waals surface area contributed by atoms with E-state index in [9.17, 15) is 28.8 Å². The van der Waals surface area contributed by atoms with E-state index in [1.165, 1.54) is 46.7 Å². The molecule has 1 rings (SSSR count). The maximum absolute atomic E-state index is 13.4. The lowest BCUT2D eigenvalue weighted by atomic mass is 10.0. The van der Waals surface area contributed by atoms with Gasteiger partial charge < -0.3 is 34.8 Å². The highest BCUT2D eigenvalue weighted by molar-refractivity contribution is 5.97. The molecule has 0 aromatic heterocycles. The molecule has 39 heavy (non-hydrogen) atoms. The van der Waals surface area contributed by atoms with Gasteiger partial charge in [-0.15, -0.1) is 0 Å². The number of esters is 1. The topological polar surface area (TPSA) is 155 Å². The fourth-order valence-electron chi connectivity index (χ4n) is 3.87. The molecule has 0 bridgehead atoms. The summed E-state index contributed by atoms with van der Waals surface area (Å²) in [6.07, 6.45) is 0.314. The van der Waals surface area contributed by atoms with E-state index in [1.54, 1.807) is 27.7 Å². The molecule has 5 amide bonds. The molecule has 1 aliphatic rings. The van der Waals surface area contributed by atoms with Crippen molar-refractivity contribution in [3.8, 4) is 0 Å². The first-order valence-electron chi connectivity index (χ1n) is 13.0. The second kappa shape index (κ2) is 13.1. The number of nitrogens with one attached hydrogen (secondary N) is 2. The first-order valence-corrected chi connectivity index (χ1v) is 13.0. The highest BCUT2D eigenvalue weighted by Gasteiger charge is 2.43. The van der Waals surface area contributed by atoms with E-state index in [4.69, 9.17) is 9.47 Å². The van der Waals surface area contributed by atoms with Gasteiger partial charge in [0.05, 0.1) is 13.2 Å². The summed E-state index contributed by atoms with van der Waals surface area (Å²) >= 11 is 0. The van der Waals surface area contributed by atoms with Crippen molar-refractivity contribution in [1.29, 1.82) is 0 Å². The standard InChI is InChI=1S/C26H45N5O8/c1-11-38-22(36)26(7,8)28-20(34)17-13-12-14-31(17)21(35)25(5,6)27-18(32)15-29(9)19(33)16-30(10)23(37)39-24(2,3)4/h17H,11-16H2,1-10H3,(H,27,32)(H,28,34). The Morgan fingerprint density at radius 3 is 2.00 bits per heavy atom. The number of hydrogen-bond donors (Lipinski definition) is 2. The molecule has 0 saturated carbocycles. The van der Waals surface area contributed by atoms with Crippen molar-refractivity contribution in [1.82, 2.24) is 25.3 Å². The zero-order valence-electron chi connectivity index (χ0n) is 24.9. The molecule has 222 valence electrons. The smallest absolute Gasteiger partial charge is 0.410 e. The maximum Gasteiger partial charge on any atom is 0.410 e. The third-order valence-electron chi connectivity index (χ3n) is 5.91. The SMILES string of the molecule is CCOC(=O)C(C)(C)NC(=O)C1CCCN1C(=O)C(C)(C)NC(=O)CN(C)C(=O)CN(C)C(=O)OC(C)(C)C. The van der Waals surface area contributed by atoms with Crippen molar-refractivity contribution in [3.63, 3.8) is 0 Å². The second-order valence-corrected chi connectivity index (χ2v) is 11.8. The molecule has 0 spiro atoms. The van der Waals surface area contributed by atoms with Gasteiger partial charge in [-0.25, -0.2) is 9.59 Å². The largest absolute Gasteiger partial charge is 0.464 e. The van der Waals surface area contributed by atoms with E-state index in [0.29, 0.717) is 19.4 Å². The van der Waals surface area contributed by atoms with Gasteiger partial charge in [-0.3, -0.25) is 19.2 Å². The van der Waals surface area contributed by atoms with Gasteiger partial charge in [0.25, 0.3) is 0 Å². The van der Waals surface area contributed by atoms with Gasteiger partial charge in [0, 0.05) is 20.6 Å². The Hall–Kier alpha value is -3.38. The fourth-order valence-corrected chi connectivity index (χ4v) is 3.87. The van der Waals surface area contributed by atoms with Gasteiger partial charge in [-0.2, -0.15) is 0 Å². The second-order valence-electron chi connectivity index (χ2n) is 11.8. The van der Waals surface area contributed by atoms with Crippen molar-refractivity contribution < 1.29 is 38.2 Å². The molecule has 0 aliphatic carbocycles. The van der Waals surface area contributed by atoms with Crippen LogP contribution >= 0.6 is 0 Å². The fraction of sp³-hybridized carbons (Fsp3) is 0.769. The van der Waals surface area contributed by atoms with Crippen LogP contribution in [-0.4, -0.2) is 113 Å². The maximum atomic E-state index is 13.4. The minimum atomic E-state index is -1.38. The Kier molecular flexibility index (Phi) is 11.3. The van der Waals surface area contributed by atoms with Crippen molar-refractivity contribution in [2.45, 2.75) is 91.0 Å². The Balaban J connectivity index is 2.77. The zero-order chi connectivity index (χ0) is 30.3. The zero-order valence-corrected chi connectivity index (χ0v) is 24.9. The normalized spacial score (nSPS) is 15.7. The van der Waals surface area contributed by atoms with Crippen LogP contribution in [0.25, 0.3) is 0 Å². The third kappa shape index (κ3) is 10.0. The van der Waals surface area contributed by atoms with Crippen molar-refractivity contribution in [2.75, 3.05) is 40.3 Å². The first-order chi connectivity index (χ1) is 17.7. The van der Waals surface area contributed by atoms with Gasteiger partial charge in [-0.05, 0) is 68.2 Å². The van der Waals surface area contributed by atoms with E-state index in [1.807, 2.05) is 0 Å². The Labute approximate surface area is 230 Å². The highest BCUT2D eigenvalue weighted by Crippen LogP contribution is 2.23. The molecule has 13 heteroatoms. The molecule has 1 aliphatic heterocycles. The quantitative estimate of drug-likeness (QED) is 0.373. The molecule has 1 unspecified atom stereocenters. The number of carbonyl (C=O) groups is 6. The number of likely N-dealkylation sites (N-methyl/N-ethyl adjacent to an activating group) is 2. The number of nitrogens with zero attached hydrogens (tertiary/aromatic N) is 3. The van der Waals surface area contributed by atoms with E-state index in [0.717, 1.165) is 9.80 Å². The van der Waals surface area contributed by atoms with E-state index in [-0.39, 0.29) is 19.7 Å². The lowest BCUT2D eigenvalue weighted by molar-refractivity contribution is -0.153. The third-order valence-corrected chi connectivity index (χ3v) is 5.91. The molecule has 1 fully saturated rings. The predicted octanol–water partition coefficient (Wildman–Crippen LogP) is 0.655. The Bertz CT molecular complexity index is 956. The van der Waals surface area contributed by atoms with Crippen LogP contribution in [0.3, 0.4) is 0 Å². The molecular weight excluding hydrogens is 510 g/mol. The molecule has 1 atom stereocenters. The minimum Gasteiger partial charge on any atom is -0.464 e. The van der Waals surface area contributed by atoms with Gasteiger partial charge >= 0.3 is 12.1 Å². The predicted molar refractivity (Wildman–Crippen MR) is 142 cm³/mol. The summed E-state index contributed by atoms with van der Waals surface area (Å²) in [5.74, 6) is -2.63. The van der Waals surface area contributed by atoms with Gasteiger partial charge in [0.1, 0.15) is 29.3 Å². The van der Waals surface area contributed by atoms with E-state index in [2.05, 4.69) is 10.6 Å². The average molecular weight is 556 g/mol. The molecule has 0 radical (unpaired) electrons. The number of carbonyl (C=O) groups excluding carboxylic acids is 6. The summed E-state index contributed by atoms with van der Waals surface area (Å²) in [5.41, 5.74) is -3.37. The summed E-state index contributed by atoms with van der Waals surface area (Å²) < 4.78 is 10.2. The molecular formula is C26H45N5O8. The van der Waals surface area contributed by atoms with Crippen LogP contribution in [0.1, 0.15) is 68.2 Å². The summed E-state index contributed by atoms with van der Waals surface area (Å²) in [4.78, 5) is 79.5. The van der Waals surface area contributed by atoms with Crippen molar-refractivity contribution in [2.24, 2.45) is 0 Å². The van der Waals surface area contributed by atoms with Gasteiger partial charge in [0.2, 0.25) is 23.6 Å². The van der Waals surface area contributed by atoms with Crippen LogP contribution in [-0.2, 0) is 33.4 Å². The summed E-state index contributed by atoms with van der Waals surface area (Å²) in [5, 5.41) is 5.29. The Morgan fingerprint density at radius 2 is 1.46 bits per heavy atom. The van der Waals surface area contributed by atoms with E-state index >= 15 is 0 Å². The van der Waals surface area contributed by atoms with Crippen LogP contribution in [0.2, 0.25) is 0 Å². The molecule has 2 N–H and O–H groups in total. The van der Waals surface area contributed by atoms with Crippen LogP contribution in [0, 0.1) is 0 Å². The van der Waals surface area contributed by atoms with E-state index < -0.39 is 58.4 Å². The van der Waals surface area contributed by atoms with Crippen LogP contribution in [0.4, 0.5) is 4.79 Å². The summed E-state index contributed by atoms with van der Waals surface area (Å²) in [6.45, 7) is 12.7. The monoisotopic (exact) mass is 555 g/mol. The molecule has 0 aromatic rings. The van der Waals surface area contributed by atoms with Gasteiger partial charge in [-0.1, -0.05) is 0 Å². The summed E-state index contributed by atoms with van der Waals surface area (Å²) in [7, 11) is 2.82. The van der Waals surface area contributed by atoms with Gasteiger partial charge in [0.15, 0.2) is 0 Å². The average Bonchev–Trinajstić information content (AvgIpc) is 3.26. The first kappa shape index (κ1) is 33.6. The number of rotatable bonds is 10. The molecule has 1 saturated heterocycles. The lowest BCUT2D eigenvalue weighted by Crippen LogP contribution is -2.61. The lowest BCUT2D eigenvalue weighted by Gasteiger charge is -2.34. The summed E-state index contributed by atoms with van der Waals surface area (Å²) in [6, 6.07) is -0.810. The Morgan fingerprint density at radius 1 is 0.872 bits per heavy atom. The molecule has 13 nitrogen and oxygen atoms in total. The number of hydrogen-bond acceptors (Lipinski definition) is 8. The number of amides is 5. The highest BCUT2D eigenvalue weighted by atomic mass is 16.6.